The normalized spacial score (nSPS) is 10.3. The van der Waals surface area contributed by atoms with Crippen molar-refractivity contribution >= 4 is 34.6 Å². The summed E-state index contributed by atoms with van der Waals surface area (Å²) < 4.78 is 13.2. The van der Waals surface area contributed by atoms with Crippen molar-refractivity contribution in [2.45, 2.75) is 0 Å². The number of aromatic nitrogens is 2. The maximum atomic E-state index is 13.2. The third kappa shape index (κ3) is 3.51. The number of nitrogens with zero attached hydrogens (tertiary/aromatic N) is 2. The molecular weight excluding hydrogens is 303 g/mol. The van der Waals surface area contributed by atoms with Crippen molar-refractivity contribution in [1.29, 1.82) is 0 Å². The number of halogens is 2. The molecule has 0 atom stereocenters. The molecule has 0 aliphatic rings. The van der Waals surface area contributed by atoms with Crippen LogP contribution in [0.15, 0.2) is 60.9 Å². The molecule has 1 aromatic heterocycles. The van der Waals surface area contributed by atoms with Crippen molar-refractivity contribution in [3.63, 3.8) is 0 Å². The summed E-state index contributed by atoms with van der Waals surface area (Å²) in [4.78, 5) is 8.25. The van der Waals surface area contributed by atoms with E-state index >= 15 is 0 Å². The van der Waals surface area contributed by atoms with E-state index in [0.717, 1.165) is 5.69 Å². The minimum Gasteiger partial charge on any atom is -0.340 e. The highest BCUT2D eigenvalue weighted by atomic mass is 35.5. The van der Waals surface area contributed by atoms with E-state index in [0.29, 0.717) is 22.3 Å². The number of hydrogen-bond acceptors (Lipinski definition) is 4. The number of nitrogens with one attached hydrogen (secondary N) is 2. The van der Waals surface area contributed by atoms with Crippen LogP contribution in [-0.4, -0.2) is 9.97 Å². The molecule has 0 aliphatic carbocycles. The minimum atomic E-state index is -0.312. The topological polar surface area (TPSA) is 49.8 Å². The third-order valence-corrected chi connectivity index (χ3v) is 3.23. The summed E-state index contributed by atoms with van der Waals surface area (Å²) in [6.07, 6.45) is 1.42. The van der Waals surface area contributed by atoms with Crippen LogP contribution in [0.25, 0.3) is 0 Å². The number of anilines is 4. The Morgan fingerprint density at radius 3 is 2.41 bits per heavy atom. The Bertz CT molecular complexity index is 794. The fourth-order valence-electron chi connectivity index (χ4n) is 1.91. The lowest BCUT2D eigenvalue weighted by molar-refractivity contribution is 0.628. The lowest BCUT2D eigenvalue weighted by Gasteiger charge is -2.09. The van der Waals surface area contributed by atoms with Gasteiger partial charge in [-0.2, -0.15) is 0 Å². The van der Waals surface area contributed by atoms with E-state index in [9.17, 15) is 4.39 Å². The summed E-state index contributed by atoms with van der Waals surface area (Å²) in [6, 6.07) is 15.2. The Kier molecular flexibility index (Phi) is 4.16. The first-order valence-corrected chi connectivity index (χ1v) is 6.95. The zero-order valence-corrected chi connectivity index (χ0v) is 12.2. The van der Waals surface area contributed by atoms with E-state index in [1.807, 2.05) is 18.2 Å². The maximum absolute atomic E-state index is 13.2. The van der Waals surface area contributed by atoms with E-state index in [2.05, 4.69) is 20.6 Å². The van der Waals surface area contributed by atoms with Gasteiger partial charge in [0.15, 0.2) is 0 Å². The molecule has 0 bridgehead atoms. The largest absolute Gasteiger partial charge is 0.340 e. The molecule has 0 radical (unpaired) electrons. The van der Waals surface area contributed by atoms with Crippen LogP contribution in [-0.2, 0) is 0 Å². The number of hydrogen-bond donors (Lipinski definition) is 2. The van der Waals surface area contributed by atoms with Gasteiger partial charge in [0.1, 0.15) is 23.8 Å². The molecular formula is C16H12ClFN4. The minimum absolute atomic E-state index is 0.312. The van der Waals surface area contributed by atoms with Gasteiger partial charge in [-0.15, -0.1) is 0 Å². The zero-order valence-electron chi connectivity index (χ0n) is 11.4. The van der Waals surface area contributed by atoms with Crippen LogP contribution in [0.5, 0.6) is 0 Å². The average Bonchev–Trinajstić information content (AvgIpc) is 2.50. The zero-order chi connectivity index (χ0) is 15.4. The van der Waals surface area contributed by atoms with E-state index in [-0.39, 0.29) is 5.82 Å². The predicted molar refractivity (Wildman–Crippen MR) is 86.4 cm³/mol. The summed E-state index contributed by atoms with van der Waals surface area (Å²) in [5.74, 6) is 0.825. The Labute approximate surface area is 132 Å². The van der Waals surface area contributed by atoms with E-state index in [4.69, 9.17) is 11.6 Å². The van der Waals surface area contributed by atoms with Crippen molar-refractivity contribution in [2.75, 3.05) is 10.6 Å². The van der Waals surface area contributed by atoms with Gasteiger partial charge in [-0.1, -0.05) is 29.8 Å². The molecule has 0 spiro atoms. The Hall–Kier alpha value is -2.66. The molecule has 6 heteroatoms. The average molecular weight is 315 g/mol. The smallest absolute Gasteiger partial charge is 0.135 e. The SMILES string of the molecule is Fc1cccc(Nc2cc(Nc3ccccc3Cl)ncn2)c1. The summed E-state index contributed by atoms with van der Waals surface area (Å²) in [6.45, 7) is 0. The molecule has 0 saturated carbocycles. The first-order chi connectivity index (χ1) is 10.7. The van der Waals surface area contributed by atoms with Crippen molar-refractivity contribution in [1.82, 2.24) is 9.97 Å². The van der Waals surface area contributed by atoms with Crippen LogP contribution >= 0.6 is 11.6 Å². The van der Waals surface area contributed by atoms with Gasteiger partial charge in [0.05, 0.1) is 10.7 Å². The molecule has 0 saturated heterocycles. The molecule has 0 fully saturated rings. The number of benzene rings is 2. The highest BCUT2D eigenvalue weighted by molar-refractivity contribution is 6.33. The molecule has 22 heavy (non-hydrogen) atoms. The van der Waals surface area contributed by atoms with Crippen LogP contribution in [0.1, 0.15) is 0 Å². The van der Waals surface area contributed by atoms with Gasteiger partial charge in [0, 0.05) is 11.8 Å². The molecule has 1 heterocycles. The lowest BCUT2D eigenvalue weighted by atomic mass is 10.3. The molecule has 0 unspecified atom stereocenters. The Morgan fingerprint density at radius 2 is 1.64 bits per heavy atom. The van der Waals surface area contributed by atoms with E-state index in [1.165, 1.54) is 18.5 Å². The van der Waals surface area contributed by atoms with Crippen molar-refractivity contribution in [3.05, 3.63) is 71.8 Å². The lowest BCUT2D eigenvalue weighted by Crippen LogP contribution is -1.99. The Morgan fingerprint density at radius 1 is 0.864 bits per heavy atom. The van der Waals surface area contributed by atoms with Gasteiger partial charge >= 0.3 is 0 Å². The van der Waals surface area contributed by atoms with Crippen molar-refractivity contribution in [3.8, 4) is 0 Å². The summed E-state index contributed by atoms with van der Waals surface area (Å²) in [5.41, 5.74) is 1.36. The summed E-state index contributed by atoms with van der Waals surface area (Å²) >= 11 is 6.10. The number of rotatable bonds is 4. The van der Waals surface area contributed by atoms with Crippen molar-refractivity contribution in [2.24, 2.45) is 0 Å². The molecule has 4 nitrogen and oxygen atoms in total. The van der Waals surface area contributed by atoms with Crippen molar-refractivity contribution < 1.29 is 4.39 Å². The molecule has 0 aliphatic heterocycles. The molecule has 2 aromatic carbocycles. The van der Waals surface area contributed by atoms with E-state index < -0.39 is 0 Å². The van der Waals surface area contributed by atoms with Gasteiger partial charge in [0.2, 0.25) is 0 Å². The fourth-order valence-corrected chi connectivity index (χ4v) is 2.09. The van der Waals surface area contributed by atoms with Crippen LogP contribution in [0, 0.1) is 5.82 Å². The second-order valence-corrected chi connectivity index (χ2v) is 4.94. The summed E-state index contributed by atoms with van der Waals surface area (Å²) in [7, 11) is 0. The molecule has 110 valence electrons. The van der Waals surface area contributed by atoms with Gasteiger partial charge in [-0.05, 0) is 30.3 Å². The Balaban J connectivity index is 1.79. The first kappa shape index (κ1) is 14.3. The maximum Gasteiger partial charge on any atom is 0.135 e. The van der Waals surface area contributed by atoms with Crippen LogP contribution < -0.4 is 10.6 Å². The predicted octanol–water partition coefficient (Wildman–Crippen LogP) is 4.76. The molecule has 3 rings (SSSR count). The van der Waals surface area contributed by atoms with Gasteiger partial charge in [-0.3, -0.25) is 0 Å². The third-order valence-electron chi connectivity index (χ3n) is 2.90. The highest BCUT2D eigenvalue weighted by Gasteiger charge is 2.03. The van der Waals surface area contributed by atoms with Crippen LogP contribution in [0.2, 0.25) is 5.02 Å². The van der Waals surface area contributed by atoms with Gasteiger partial charge < -0.3 is 10.6 Å². The molecule has 2 N–H and O–H groups in total. The number of para-hydroxylation sites is 1. The second kappa shape index (κ2) is 6.41. The standard InChI is InChI=1S/C16H12ClFN4/c17-13-6-1-2-7-14(13)22-16-9-15(19-10-20-16)21-12-5-3-4-11(18)8-12/h1-10H,(H2,19,20,21,22). The van der Waals surface area contributed by atoms with Crippen LogP contribution in [0.3, 0.4) is 0 Å². The highest BCUT2D eigenvalue weighted by Crippen LogP contribution is 2.25. The van der Waals surface area contributed by atoms with Crippen LogP contribution in [0.4, 0.5) is 27.4 Å². The van der Waals surface area contributed by atoms with Gasteiger partial charge in [-0.25, -0.2) is 14.4 Å². The molecule has 3 aromatic rings. The van der Waals surface area contributed by atoms with Gasteiger partial charge in [0.25, 0.3) is 0 Å². The fraction of sp³-hybridized carbons (Fsp3) is 0. The monoisotopic (exact) mass is 314 g/mol. The first-order valence-electron chi connectivity index (χ1n) is 6.57. The quantitative estimate of drug-likeness (QED) is 0.729. The molecule has 0 amide bonds. The van der Waals surface area contributed by atoms with E-state index in [1.54, 1.807) is 24.3 Å². The second-order valence-electron chi connectivity index (χ2n) is 4.53. The summed E-state index contributed by atoms with van der Waals surface area (Å²) in [5, 5.41) is 6.73.